The number of benzene rings is 3. The Bertz CT molecular complexity index is 2470. The van der Waals surface area contributed by atoms with Crippen molar-refractivity contribution in [3.05, 3.63) is 119 Å². The van der Waals surface area contributed by atoms with Gasteiger partial charge >= 0.3 is 5.97 Å². The third-order valence-electron chi connectivity index (χ3n) is 8.22. The molecule has 59 heavy (non-hydrogen) atoms. The lowest BCUT2D eigenvalue weighted by Gasteiger charge is -2.16. The van der Waals surface area contributed by atoms with Crippen molar-refractivity contribution in [2.75, 3.05) is 42.0 Å². The highest BCUT2D eigenvalue weighted by molar-refractivity contribution is 6.10. The number of nitrogens with one attached hydrogen (secondary N) is 5. The highest BCUT2D eigenvalue weighted by Gasteiger charge is 2.24. The summed E-state index contributed by atoms with van der Waals surface area (Å²) >= 11 is 0. The fourth-order valence-electron chi connectivity index (χ4n) is 5.26. The van der Waals surface area contributed by atoms with Gasteiger partial charge in [0.2, 0.25) is 5.91 Å². The van der Waals surface area contributed by atoms with E-state index in [0.29, 0.717) is 11.3 Å². The van der Waals surface area contributed by atoms with Gasteiger partial charge in [0.25, 0.3) is 23.6 Å². The number of rotatable bonds is 14. The number of hydrogen-bond donors (Lipinski definition) is 9. The second-order valence-corrected chi connectivity index (χ2v) is 12.3. The van der Waals surface area contributed by atoms with E-state index in [1.807, 2.05) is 0 Å². The van der Waals surface area contributed by atoms with E-state index in [1.165, 1.54) is 74.1 Å². The number of hydrogen-bond acceptors (Lipinski definition) is 13. The molecule has 0 atom stereocenters. The first-order chi connectivity index (χ1) is 28.2. The zero-order chi connectivity index (χ0) is 42.8. The highest BCUT2D eigenvalue weighted by atomic mass is 16.5. The molecular formula is C40H35N7O12. The molecule has 0 aliphatic heterocycles. The largest absolute Gasteiger partial charge is 0.508 e. The number of phenolic OH excluding ortho intramolecular Hbond substituents is 2. The summed E-state index contributed by atoms with van der Waals surface area (Å²) < 4.78 is 10.3. The highest BCUT2D eigenvalue weighted by Crippen LogP contribution is 2.40. The number of carbonyl (C=O) groups excluding carboxylic acids is 5. The van der Waals surface area contributed by atoms with Crippen LogP contribution in [-0.4, -0.2) is 86.7 Å². The maximum Gasteiger partial charge on any atom is 0.339 e. The summed E-state index contributed by atoms with van der Waals surface area (Å²) in [5, 5.41) is 52.3. The van der Waals surface area contributed by atoms with Gasteiger partial charge in [0, 0.05) is 5.57 Å². The second-order valence-electron chi connectivity index (χ2n) is 12.3. The molecule has 302 valence electrons. The quantitative estimate of drug-likeness (QED) is 0.0711. The van der Waals surface area contributed by atoms with Crippen LogP contribution >= 0.6 is 0 Å². The van der Waals surface area contributed by atoms with E-state index < -0.39 is 59.1 Å². The zero-order valence-electron chi connectivity index (χ0n) is 31.3. The van der Waals surface area contributed by atoms with Gasteiger partial charge in [-0.15, -0.1) is 0 Å². The molecule has 0 fully saturated rings. The number of aromatic carboxylic acids is 1. The van der Waals surface area contributed by atoms with E-state index in [4.69, 9.17) is 9.47 Å². The van der Waals surface area contributed by atoms with Crippen molar-refractivity contribution in [2.45, 2.75) is 6.92 Å². The van der Waals surface area contributed by atoms with E-state index in [9.17, 15) is 49.2 Å². The van der Waals surface area contributed by atoms with Crippen LogP contribution in [0.3, 0.4) is 0 Å². The molecule has 0 saturated heterocycles. The molecule has 9 N–H and O–H groups in total. The van der Waals surface area contributed by atoms with Crippen LogP contribution in [0.2, 0.25) is 0 Å². The van der Waals surface area contributed by atoms with Crippen molar-refractivity contribution in [3.8, 4) is 28.7 Å². The van der Waals surface area contributed by atoms with Crippen molar-refractivity contribution >= 4 is 64.3 Å². The monoisotopic (exact) mass is 805 g/mol. The Morgan fingerprint density at radius 3 is 1.69 bits per heavy atom. The molecule has 0 saturated carbocycles. The van der Waals surface area contributed by atoms with Crippen LogP contribution in [0.5, 0.6) is 28.7 Å². The summed E-state index contributed by atoms with van der Waals surface area (Å²) in [6.45, 7) is 1.18. The first-order valence-corrected chi connectivity index (χ1v) is 17.1. The summed E-state index contributed by atoms with van der Waals surface area (Å²) in [4.78, 5) is 83.2. The fraction of sp³-hybridized carbons (Fsp3) is 0.100. The normalized spacial score (nSPS) is 10.8. The number of nitrogens with zero attached hydrogens (tertiary/aromatic N) is 2. The van der Waals surface area contributed by atoms with Crippen LogP contribution in [0, 0.1) is 0 Å². The van der Waals surface area contributed by atoms with Gasteiger partial charge in [-0.25, -0.2) is 14.8 Å². The molecule has 2 heterocycles. The van der Waals surface area contributed by atoms with Gasteiger partial charge in [0.1, 0.15) is 22.7 Å². The number of amides is 5. The smallest absolute Gasteiger partial charge is 0.339 e. The summed E-state index contributed by atoms with van der Waals surface area (Å²) in [7, 11) is 2.35. The van der Waals surface area contributed by atoms with E-state index in [0.717, 1.165) is 18.7 Å². The Hall–Kier alpha value is -8.48. The molecular weight excluding hydrogens is 770 g/mol. The minimum Gasteiger partial charge on any atom is -0.508 e. The maximum atomic E-state index is 13.1. The van der Waals surface area contributed by atoms with E-state index >= 15 is 0 Å². The van der Waals surface area contributed by atoms with Crippen LogP contribution in [-0.2, 0) is 9.59 Å². The number of carboxylic acid groups (broad SMARTS) is 1. The standard InChI is InChI=1S/C40H35N7O12/c1-20(16-21-4-8-24(48)9-5-21)36(52)45-23-7-12-29(41-18-23)38(54)43-19-31(49)44-22-6-13-30(42-17-22)39(55)47-28-14-10-25(32(50)34(28)58-2)37(53)46-27-15-11-26(40(56)57)33(51)35(27)59-3/h4-18,48,50-51H,19H2,1-3H3,(H,43,54)(H,44,49)(H,45,52)(H,46,53)(H,47,55)(H,56,57)/b20-16+. The van der Waals surface area contributed by atoms with Crippen molar-refractivity contribution in [3.63, 3.8) is 0 Å². The van der Waals surface area contributed by atoms with Gasteiger partial charge < -0.3 is 56.5 Å². The average molecular weight is 806 g/mol. The molecule has 5 amide bonds. The maximum absolute atomic E-state index is 13.1. The molecule has 19 nitrogen and oxygen atoms in total. The minimum absolute atomic E-state index is 0.0151. The van der Waals surface area contributed by atoms with Crippen LogP contribution < -0.4 is 36.1 Å². The summed E-state index contributed by atoms with van der Waals surface area (Å²) in [6, 6.07) is 16.5. The average Bonchev–Trinajstić information content (AvgIpc) is 3.21. The van der Waals surface area contributed by atoms with Gasteiger partial charge in [-0.2, -0.15) is 0 Å². The Labute approximate surface area is 334 Å². The van der Waals surface area contributed by atoms with E-state index in [1.54, 1.807) is 25.1 Å². The molecule has 5 rings (SSSR count). The predicted molar refractivity (Wildman–Crippen MR) is 212 cm³/mol. The molecule has 0 aliphatic carbocycles. The molecule has 0 aliphatic rings. The number of ether oxygens (including phenoxy) is 2. The zero-order valence-corrected chi connectivity index (χ0v) is 31.3. The molecule has 0 bridgehead atoms. The molecule has 19 heteroatoms. The molecule has 2 aromatic heterocycles. The van der Waals surface area contributed by atoms with Crippen LogP contribution in [0.1, 0.15) is 54.2 Å². The first kappa shape index (κ1) is 41.7. The van der Waals surface area contributed by atoms with Crippen LogP contribution in [0.25, 0.3) is 6.08 Å². The Morgan fingerprint density at radius 1 is 0.627 bits per heavy atom. The van der Waals surface area contributed by atoms with E-state index in [-0.39, 0.29) is 51.3 Å². The topological polar surface area (TPSA) is 288 Å². The van der Waals surface area contributed by atoms with Crippen molar-refractivity contribution in [2.24, 2.45) is 0 Å². The van der Waals surface area contributed by atoms with Gasteiger partial charge in [0.15, 0.2) is 23.0 Å². The number of carbonyl (C=O) groups is 6. The Balaban J connectivity index is 1.12. The number of carboxylic acids is 1. The van der Waals surface area contributed by atoms with Crippen molar-refractivity contribution < 1.29 is 58.7 Å². The Morgan fingerprint density at radius 2 is 1.15 bits per heavy atom. The summed E-state index contributed by atoms with van der Waals surface area (Å²) in [6.07, 6.45) is 4.12. The molecule has 3 aromatic carbocycles. The number of aromatic nitrogens is 2. The number of methoxy groups -OCH3 is 2. The lowest BCUT2D eigenvalue weighted by Crippen LogP contribution is -2.33. The van der Waals surface area contributed by atoms with Gasteiger partial charge in [0.05, 0.1) is 61.5 Å². The number of phenols is 3. The van der Waals surface area contributed by atoms with Crippen LogP contribution in [0.4, 0.5) is 22.7 Å². The van der Waals surface area contributed by atoms with Crippen LogP contribution in [0.15, 0.2) is 90.8 Å². The molecule has 0 spiro atoms. The summed E-state index contributed by atoms with van der Waals surface area (Å²) in [5.41, 5.74) is 0.617. The van der Waals surface area contributed by atoms with Gasteiger partial charge in [-0.1, -0.05) is 12.1 Å². The van der Waals surface area contributed by atoms with Gasteiger partial charge in [-0.05, 0) is 79.2 Å². The number of pyridine rings is 2. The van der Waals surface area contributed by atoms with Crippen molar-refractivity contribution in [1.82, 2.24) is 15.3 Å². The summed E-state index contributed by atoms with van der Waals surface area (Å²) in [5.74, 6) is -6.62. The van der Waals surface area contributed by atoms with Crippen molar-refractivity contribution in [1.29, 1.82) is 0 Å². The minimum atomic E-state index is -1.42. The first-order valence-electron chi connectivity index (χ1n) is 17.1. The lowest BCUT2D eigenvalue weighted by atomic mass is 10.1. The third kappa shape index (κ3) is 10.2. The van der Waals surface area contributed by atoms with Gasteiger partial charge in [-0.3, -0.25) is 24.0 Å². The Kier molecular flexibility index (Phi) is 13.0. The third-order valence-corrected chi connectivity index (χ3v) is 8.22. The molecule has 0 radical (unpaired) electrons. The molecule has 0 unspecified atom stereocenters. The fourth-order valence-corrected chi connectivity index (χ4v) is 5.26. The SMILES string of the molecule is COc1c(NC(=O)c2ccc(NC(=O)c3ccc(NC(=O)CNC(=O)c4ccc(NC(=O)/C(C)=C/c5ccc(O)cc5)cn4)cn3)c(OC)c2O)ccc(C(=O)O)c1O. The number of anilines is 4. The lowest BCUT2D eigenvalue weighted by molar-refractivity contribution is -0.115. The van der Waals surface area contributed by atoms with E-state index in [2.05, 4.69) is 36.6 Å². The number of aromatic hydroxyl groups is 3. The predicted octanol–water partition coefficient (Wildman–Crippen LogP) is 4.22. The molecule has 5 aromatic rings. The second kappa shape index (κ2) is 18.4.